The van der Waals surface area contributed by atoms with Crippen molar-refractivity contribution in [2.45, 2.75) is 18.6 Å². The number of amides is 2. The van der Waals surface area contributed by atoms with Gasteiger partial charge in [-0.15, -0.1) is 0 Å². The Kier molecular flexibility index (Phi) is 2.88. The van der Waals surface area contributed by atoms with Crippen LogP contribution in [-0.2, 0) is 19.1 Å². The number of hydrogen-bond donors (Lipinski definition) is 2. The first kappa shape index (κ1) is 11.0. The molecule has 7 heteroatoms. The summed E-state index contributed by atoms with van der Waals surface area (Å²) in [5, 5.41) is 11.0. The van der Waals surface area contributed by atoms with E-state index in [2.05, 4.69) is 5.32 Å². The second-order valence-corrected chi connectivity index (χ2v) is 3.82. The number of carboxylic acids is 1. The molecule has 2 amide bonds. The van der Waals surface area contributed by atoms with E-state index in [0.29, 0.717) is 6.54 Å². The smallest absolute Gasteiger partial charge is 0.334 e. The van der Waals surface area contributed by atoms with Crippen molar-refractivity contribution in [1.82, 2.24) is 10.2 Å². The molecule has 2 aliphatic heterocycles. The highest BCUT2D eigenvalue weighted by molar-refractivity contribution is 6.05. The van der Waals surface area contributed by atoms with E-state index in [9.17, 15) is 14.4 Å². The molecule has 2 N–H and O–H groups in total. The maximum absolute atomic E-state index is 11.4. The lowest BCUT2D eigenvalue weighted by Crippen LogP contribution is -2.52. The summed E-state index contributed by atoms with van der Waals surface area (Å²) in [6, 6.07) is -0.543. The highest BCUT2D eigenvalue weighted by atomic mass is 16.5. The molecule has 0 radical (unpaired) electrons. The zero-order valence-corrected chi connectivity index (χ0v) is 8.51. The van der Waals surface area contributed by atoms with Gasteiger partial charge >= 0.3 is 5.97 Å². The van der Waals surface area contributed by atoms with Crippen LogP contribution in [0.2, 0.25) is 0 Å². The topological polar surface area (TPSA) is 95.9 Å². The summed E-state index contributed by atoms with van der Waals surface area (Å²) >= 11 is 0. The van der Waals surface area contributed by atoms with Gasteiger partial charge in [0.15, 0.2) is 6.10 Å². The van der Waals surface area contributed by atoms with Crippen LogP contribution >= 0.6 is 0 Å². The fourth-order valence-corrected chi connectivity index (χ4v) is 1.94. The Hall–Kier alpha value is -1.47. The highest BCUT2D eigenvalue weighted by Crippen LogP contribution is 2.15. The Morgan fingerprint density at radius 1 is 1.50 bits per heavy atom. The van der Waals surface area contributed by atoms with Crippen LogP contribution in [0.4, 0.5) is 0 Å². The normalized spacial score (nSPS) is 31.5. The third kappa shape index (κ3) is 2.05. The number of morpholine rings is 1. The van der Waals surface area contributed by atoms with Crippen LogP contribution in [0.1, 0.15) is 6.42 Å². The first-order valence-corrected chi connectivity index (χ1v) is 5.00. The van der Waals surface area contributed by atoms with E-state index < -0.39 is 18.1 Å². The fourth-order valence-electron chi connectivity index (χ4n) is 1.94. The third-order valence-corrected chi connectivity index (χ3v) is 2.76. The van der Waals surface area contributed by atoms with Gasteiger partial charge in [0.25, 0.3) is 0 Å². The van der Waals surface area contributed by atoms with Gasteiger partial charge in [0.2, 0.25) is 11.8 Å². The van der Waals surface area contributed by atoms with Gasteiger partial charge in [-0.25, -0.2) is 4.79 Å². The summed E-state index contributed by atoms with van der Waals surface area (Å²) in [5.74, 6) is -1.71. The van der Waals surface area contributed by atoms with Gasteiger partial charge in [-0.3, -0.25) is 19.8 Å². The number of carbonyl (C=O) groups excluding carboxylic acids is 2. The van der Waals surface area contributed by atoms with E-state index in [1.807, 2.05) is 0 Å². The Labute approximate surface area is 91.3 Å². The molecule has 0 aromatic rings. The van der Waals surface area contributed by atoms with Crippen LogP contribution in [0.15, 0.2) is 0 Å². The molecule has 0 bridgehead atoms. The summed E-state index contributed by atoms with van der Waals surface area (Å²) in [5.41, 5.74) is 0. The minimum Gasteiger partial charge on any atom is -0.479 e. The summed E-state index contributed by atoms with van der Waals surface area (Å²) in [4.78, 5) is 34.8. The minimum absolute atomic E-state index is 0.102. The molecule has 2 fully saturated rings. The SMILES string of the molecule is O=C1CC(N2CCOC(C(=O)O)C2)C(=O)N1. The number of aliphatic carboxylic acids is 1. The predicted molar refractivity (Wildman–Crippen MR) is 50.5 cm³/mol. The standard InChI is InChI=1S/C9H12N2O5/c12-7-3-5(8(13)10-7)11-1-2-16-6(4-11)9(14)15/h5-6H,1-4H2,(H,14,15)(H,10,12,13). The molecule has 2 unspecified atom stereocenters. The van der Waals surface area contributed by atoms with Gasteiger partial charge in [-0.05, 0) is 0 Å². The van der Waals surface area contributed by atoms with Gasteiger partial charge in [-0.1, -0.05) is 0 Å². The van der Waals surface area contributed by atoms with Crippen molar-refractivity contribution in [3.8, 4) is 0 Å². The predicted octanol–water partition coefficient (Wildman–Crippen LogP) is -1.81. The molecule has 0 saturated carbocycles. The highest BCUT2D eigenvalue weighted by Gasteiger charge is 2.38. The van der Waals surface area contributed by atoms with Crippen molar-refractivity contribution in [3.05, 3.63) is 0 Å². The van der Waals surface area contributed by atoms with Crippen LogP contribution in [0.5, 0.6) is 0 Å². The van der Waals surface area contributed by atoms with Crippen LogP contribution < -0.4 is 5.32 Å². The van der Waals surface area contributed by atoms with E-state index in [0.717, 1.165) is 0 Å². The molecule has 2 aliphatic rings. The van der Waals surface area contributed by atoms with Crippen molar-refractivity contribution < 1.29 is 24.2 Å². The summed E-state index contributed by atoms with van der Waals surface area (Å²) in [6.07, 6.45) is -0.817. The molecule has 0 aromatic heterocycles. The van der Waals surface area contributed by atoms with E-state index >= 15 is 0 Å². The molecule has 0 spiro atoms. The van der Waals surface area contributed by atoms with E-state index in [4.69, 9.17) is 9.84 Å². The lowest BCUT2D eigenvalue weighted by atomic mass is 10.1. The van der Waals surface area contributed by atoms with Crippen LogP contribution in [-0.4, -0.2) is 59.6 Å². The van der Waals surface area contributed by atoms with Gasteiger partial charge in [0, 0.05) is 13.1 Å². The van der Waals surface area contributed by atoms with Crippen LogP contribution in [0.25, 0.3) is 0 Å². The second-order valence-electron chi connectivity index (χ2n) is 3.82. The Morgan fingerprint density at radius 3 is 2.81 bits per heavy atom. The largest absolute Gasteiger partial charge is 0.479 e. The number of rotatable bonds is 2. The van der Waals surface area contributed by atoms with Crippen molar-refractivity contribution in [2.24, 2.45) is 0 Å². The number of nitrogens with zero attached hydrogens (tertiary/aromatic N) is 1. The maximum Gasteiger partial charge on any atom is 0.334 e. The molecule has 0 aromatic carbocycles. The molecule has 2 saturated heterocycles. The summed E-state index contributed by atoms with van der Waals surface area (Å²) < 4.78 is 5.03. The molecule has 2 heterocycles. The number of hydrogen-bond acceptors (Lipinski definition) is 5. The van der Waals surface area contributed by atoms with Gasteiger partial charge < -0.3 is 9.84 Å². The van der Waals surface area contributed by atoms with Crippen LogP contribution in [0.3, 0.4) is 0 Å². The number of ether oxygens (including phenoxy) is 1. The minimum atomic E-state index is -1.05. The van der Waals surface area contributed by atoms with Crippen molar-refractivity contribution in [3.63, 3.8) is 0 Å². The Morgan fingerprint density at radius 2 is 2.25 bits per heavy atom. The maximum atomic E-state index is 11.4. The van der Waals surface area contributed by atoms with E-state index in [1.165, 1.54) is 0 Å². The molecule has 16 heavy (non-hydrogen) atoms. The van der Waals surface area contributed by atoms with Gasteiger partial charge in [0.05, 0.1) is 19.1 Å². The molecule has 0 aliphatic carbocycles. The van der Waals surface area contributed by atoms with Crippen molar-refractivity contribution in [1.29, 1.82) is 0 Å². The fraction of sp³-hybridized carbons (Fsp3) is 0.667. The molecular weight excluding hydrogens is 216 g/mol. The van der Waals surface area contributed by atoms with Crippen molar-refractivity contribution in [2.75, 3.05) is 19.7 Å². The third-order valence-electron chi connectivity index (χ3n) is 2.76. The summed E-state index contributed by atoms with van der Waals surface area (Å²) in [7, 11) is 0. The lowest BCUT2D eigenvalue weighted by molar-refractivity contribution is -0.158. The number of carboxylic acid groups (broad SMARTS) is 1. The number of imide groups is 1. The zero-order valence-electron chi connectivity index (χ0n) is 8.51. The van der Waals surface area contributed by atoms with Crippen LogP contribution in [0, 0.1) is 0 Å². The molecule has 7 nitrogen and oxygen atoms in total. The van der Waals surface area contributed by atoms with Gasteiger partial charge in [0.1, 0.15) is 0 Å². The quantitative estimate of drug-likeness (QED) is 0.541. The monoisotopic (exact) mass is 228 g/mol. The van der Waals surface area contributed by atoms with E-state index in [-0.39, 0.29) is 31.4 Å². The average molecular weight is 228 g/mol. The number of carbonyl (C=O) groups is 3. The summed E-state index contributed by atoms with van der Waals surface area (Å²) in [6.45, 7) is 0.866. The first-order chi connectivity index (χ1) is 7.58. The second kappa shape index (κ2) is 4.18. The Balaban J connectivity index is 2.02. The first-order valence-electron chi connectivity index (χ1n) is 5.00. The lowest BCUT2D eigenvalue weighted by Gasteiger charge is -2.33. The Bertz CT molecular complexity index is 343. The van der Waals surface area contributed by atoms with E-state index in [1.54, 1.807) is 4.90 Å². The average Bonchev–Trinajstić information content (AvgIpc) is 2.58. The molecule has 2 rings (SSSR count). The molecular formula is C9H12N2O5. The molecule has 2 atom stereocenters. The van der Waals surface area contributed by atoms with Crippen molar-refractivity contribution >= 4 is 17.8 Å². The number of nitrogens with one attached hydrogen (secondary N) is 1. The van der Waals surface area contributed by atoms with Gasteiger partial charge in [-0.2, -0.15) is 0 Å². The molecule has 88 valence electrons. The zero-order chi connectivity index (χ0) is 11.7.